The van der Waals surface area contributed by atoms with E-state index in [2.05, 4.69) is 30.1 Å². The molecule has 1 aromatic carbocycles. The first-order chi connectivity index (χ1) is 14.1. The van der Waals surface area contributed by atoms with E-state index in [-0.39, 0.29) is 43.7 Å². The maximum atomic E-state index is 13.7. The molecule has 2 N–H and O–H groups in total. The molecule has 0 bridgehead atoms. The van der Waals surface area contributed by atoms with E-state index in [0.717, 1.165) is 29.1 Å². The number of nitrogen functional groups attached to an aromatic ring is 1. The Bertz CT molecular complexity index is 1080. The molecule has 10 heteroatoms. The van der Waals surface area contributed by atoms with Gasteiger partial charge in [0.2, 0.25) is 6.79 Å². The van der Waals surface area contributed by atoms with Gasteiger partial charge in [-0.3, -0.25) is 0 Å². The van der Waals surface area contributed by atoms with Crippen molar-refractivity contribution in [2.45, 2.75) is 32.7 Å². The average Bonchev–Trinajstić information content (AvgIpc) is 3.29. The van der Waals surface area contributed by atoms with E-state index in [9.17, 15) is 4.39 Å². The van der Waals surface area contributed by atoms with E-state index >= 15 is 0 Å². The summed E-state index contributed by atoms with van der Waals surface area (Å²) in [7, 11) is 2.42. The van der Waals surface area contributed by atoms with Crippen LogP contribution in [0.15, 0.2) is 12.1 Å². The van der Waals surface area contributed by atoms with Crippen LogP contribution in [0.1, 0.15) is 29.8 Å². The number of nitrogens with zero attached hydrogens (tertiary/aromatic N) is 4. The first kappa shape index (κ1) is 24.4. The van der Waals surface area contributed by atoms with Gasteiger partial charge < -0.3 is 19.8 Å². The zero-order valence-corrected chi connectivity index (χ0v) is 22.2. The molecule has 156 valence electrons. The molecule has 0 saturated heterocycles. The number of halogens is 1. The van der Waals surface area contributed by atoms with E-state index < -0.39 is 6.08 Å². The molecule has 0 fully saturated rings. The van der Waals surface area contributed by atoms with Crippen molar-refractivity contribution in [3.8, 4) is 23.8 Å². The van der Waals surface area contributed by atoms with Crippen molar-refractivity contribution in [2.75, 3.05) is 19.2 Å². The summed E-state index contributed by atoms with van der Waals surface area (Å²) in [5.41, 5.74) is 8.70. The van der Waals surface area contributed by atoms with Gasteiger partial charge in [-0.05, 0) is 36.6 Å². The van der Waals surface area contributed by atoms with E-state index in [1.54, 1.807) is 0 Å². The number of imidazole rings is 1. The molecule has 0 spiro atoms. The first-order valence-corrected chi connectivity index (χ1v) is 10.3. The number of nitrogens with two attached hydrogens (primary N) is 1. The van der Waals surface area contributed by atoms with Gasteiger partial charge in [-0.25, -0.2) is 4.98 Å². The summed E-state index contributed by atoms with van der Waals surface area (Å²) < 4.78 is 26.5. The Balaban J connectivity index is 0.00000104. The Labute approximate surface area is 200 Å². The molecule has 3 aromatic rings. The second-order valence-corrected chi connectivity index (χ2v) is 6.35. The molecule has 4 rings (SSSR count). The predicted octanol–water partition coefficient (Wildman–Crippen LogP) is 3.08. The zero-order chi connectivity index (χ0) is 21.0. The summed E-state index contributed by atoms with van der Waals surface area (Å²) in [5, 5.41) is 0. The van der Waals surface area contributed by atoms with Gasteiger partial charge in [-0.1, -0.05) is 6.66 Å². The van der Waals surface area contributed by atoms with Crippen LogP contribution in [0.5, 0.6) is 11.5 Å². The van der Waals surface area contributed by atoms with Crippen molar-refractivity contribution in [1.82, 2.24) is 19.5 Å². The van der Waals surface area contributed by atoms with Crippen molar-refractivity contribution in [3.63, 3.8) is 0 Å². The number of hydrogen-bond acceptors (Lipinski definition) is 6. The van der Waals surface area contributed by atoms with Gasteiger partial charge in [0.15, 0.2) is 28.5 Å². The normalized spacial score (nSPS) is 11.4. The number of aromatic nitrogens is 4. The molecular formula is C20H23FN5O2PU. The number of anilines is 1. The van der Waals surface area contributed by atoms with Crippen molar-refractivity contribution in [2.24, 2.45) is 0 Å². The maximum absolute atomic E-state index is 13.7. The summed E-state index contributed by atoms with van der Waals surface area (Å²) in [4.78, 5) is 12.1. The van der Waals surface area contributed by atoms with Crippen LogP contribution in [0.25, 0.3) is 11.2 Å². The standard InChI is InChI=1S/C19H18FN5O2.CH5P.U/c1-3-4-5-6-25-15(22-16-17(21)23-19(20)24-18(16)25)9-12-8-14-13(7-11(12)2)26-10-27-14;1-2;/h1,7-8H,4-6,9-10H2,2H3,(H2,21,23,24);2H2,1H3;. The van der Waals surface area contributed by atoms with Crippen LogP contribution in [-0.2, 0) is 13.0 Å². The monoisotopic (exact) mass is 653 g/mol. The first-order valence-electron chi connectivity index (χ1n) is 9.15. The number of ether oxygens (including phenoxy) is 2. The fourth-order valence-corrected chi connectivity index (χ4v) is 3.19. The largest absolute Gasteiger partial charge is 0.454 e. The Hall–Kier alpha value is -1.86. The van der Waals surface area contributed by atoms with Crippen LogP contribution in [0.4, 0.5) is 10.2 Å². The average molecular weight is 653 g/mol. The molecule has 3 heterocycles. The van der Waals surface area contributed by atoms with Gasteiger partial charge in [-0.15, -0.1) is 21.6 Å². The molecule has 2 aromatic heterocycles. The topological polar surface area (TPSA) is 88.1 Å². The van der Waals surface area contributed by atoms with E-state index in [4.69, 9.17) is 21.6 Å². The fourth-order valence-electron chi connectivity index (χ4n) is 3.19. The molecule has 1 atom stereocenters. The third-order valence-corrected chi connectivity index (χ3v) is 4.56. The Morgan fingerprint density at radius 3 is 2.63 bits per heavy atom. The zero-order valence-electron chi connectivity index (χ0n) is 16.9. The molecule has 1 aliphatic heterocycles. The predicted molar refractivity (Wildman–Crippen MR) is 114 cm³/mol. The van der Waals surface area contributed by atoms with Gasteiger partial charge in [-0.2, -0.15) is 14.4 Å². The van der Waals surface area contributed by atoms with Crippen LogP contribution in [0.2, 0.25) is 0 Å². The number of hydrogen-bond donors (Lipinski definition) is 1. The van der Waals surface area contributed by atoms with E-state index in [1.165, 1.54) is 0 Å². The Kier molecular flexibility index (Phi) is 8.92. The van der Waals surface area contributed by atoms with Crippen molar-refractivity contribution in [1.29, 1.82) is 0 Å². The van der Waals surface area contributed by atoms with Crippen LogP contribution in [0.3, 0.4) is 0 Å². The summed E-state index contributed by atoms with van der Waals surface area (Å²) in [6.07, 6.45) is 6.32. The molecule has 1 unspecified atom stereocenters. The summed E-state index contributed by atoms with van der Waals surface area (Å²) in [6.45, 7) is 4.69. The van der Waals surface area contributed by atoms with Gasteiger partial charge in [0, 0.05) is 50.5 Å². The van der Waals surface area contributed by atoms with Gasteiger partial charge in [0.25, 0.3) is 0 Å². The number of fused-ring (bicyclic) bond motifs is 2. The SMILES string of the molecule is C#CCCCn1c(Cc2cc3c(cc2C)OCO3)nc2c(N)nc(F)nc21.CP.[U]. The third kappa shape index (κ3) is 5.06. The molecule has 0 aliphatic carbocycles. The van der Waals surface area contributed by atoms with E-state index in [0.29, 0.717) is 36.3 Å². The van der Waals surface area contributed by atoms with E-state index in [1.807, 2.05) is 30.3 Å². The molecule has 0 radical (unpaired) electrons. The number of unbranched alkanes of at least 4 members (excludes halogenated alkanes) is 1. The van der Waals surface area contributed by atoms with Crippen molar-refractivity contribution >= 4 is 26.2 Å². The molecule has 7 nitrogen and oxygen atoms in total. The van der Waals surface area contributed by atoms with Crippen LogP contribution in [-0.4, -0.2) is 33.0 Å². The number of aryl methyl sites for hydroxylation is 2. The maximum Gasteiger partial charge on any atom is 0.312 e. The van der Waals surface area contributed by atoms with Crippen LogP contribution in [0, 0.1) is 56.5 Å². The third-order valence-electron chi connectivity index (χ3n) is 4.56. The summed E-state index contributed by atoms with van der Waals surface area (Å²) >= 11 is 0. The fraction of sp³-hybridized carbons (Fsp3) is 0.350. The van der Waals surface area contributed by atoms with Gasteiger partial charge in [0.05, 0.1) is 0 Å². The summed E-state index contributed by atoms with van der Waals surface area (Å²) in [5.74, 6) is 4.79. The van der Waals surface area contributed by atoms with Crippen molar-refractivity contribution in [3.05, 3.63) is 35.2 Å². The van der Waals surface area contributed by atoms with Crippen molar-refractivity contribution < 1.29 is 45.0 Å². The minimum absolute atomic E-state index is 0. The second kappa shape index (κ2) is 11.0. The van der Waals surface area contributed by atoms with Crippen LogP contribution < -0.4 is 15.2 Å². The quantitative estimate of drug-likeness (QED) is 0.197. The molecule has 0 amide bonds. The Morgan fingerprint density at radius 1 is 1.23 bits per heavy atom. The molecule has 0 saturated carbocycles. The molecular weight excluding hydrogens is 630 g/mol. The molecule has 1 aliphatic rings. The number of rotatable bonds is 5. The number of benzene rings is 1. The second-order valence-electron chi connectivity index (χ2n) is 6.35. The Morgan fingerprint density at radius 2 is 1.93 bits per heavy atom. The van der Waals surface area contributed by atoms with Gasteiger partial charge in [0.1, 0.15) is 5.82 Å². The smallest absolute Gasteiger partial charge is 0.312 e. The van der Waals surface area contributed by atoms with Crippen LogP contribution >= 0.6 is 9.24 Å². The summed E-state index contributed by atoms with van der Waals surface area (Å²) in [6, 6.07) is 3.88. The minimum Gasteiger partial charge on any atom is -0.454 e. The number of terminal acetylenes is 1. The van der Waals surface area contributed by atoms with Gasteiger partial charge >= 0.3 is 6.08 Å². The minimum atomic E-state index is -0.871. The molecule has 30 heavy (non-hydrogen) atoms.